The molecule has 8 nitrogen and oxygen atoms in total. The Morgan fingerprint density at radius 3 is 2.41 bits per heavy atom. The van der Waals surface area contributed by atoms with Crippen molar-refractivity contribution in [1.29, 1.82) is 5.26 Å². The van der Waals surface area contributed by atoms with E-state index in [0.29, 0.717) is 33.9 Å². The average Bonchev–Trinajstić information content (AvgIpc) is 3.63. The first-order valence-corrected chi connectivity index (χ1v) is 12.9. The molecule has 2 amide bonds. The summed E-state index contributed by atoms with van der Waals surface area (Å²) in [5.74, 6) is 0.0720. The van der Waals surface area contributed by atoms with E-state index in [1.54, 1.807) is 49.1 Å². The lowest BCUT2D eigenvalue weighted by atomic mass is 9.93. The molecule has 0 spiro atoms. The van der Waals surface area contributed by atoms with Crippen LogP contribution in [0.25, 0.3) is 34.2 Å². The fourth-order valence-electron chi connectivity index (χ4n) is 4.84. The Labute approximate surface area is 236 Å². The second-order valence-electron chi connectivity index (χ2n) is 9.58. The smallest absolute Gasteiger partial charge is 0.271 e. The molecular formula is C33H24N4O4. The second kappa shape index (κ2) is 10.5. The summed E-state index contributed by atoms with van der Waals surface area (Å²) < 4.78 is 13.1. The van der Waals surface area contributed by atoms with Gasteiger partial charge < -0.3 is 9.15 Å². The zero-order valence-corrected chi connectivity index (χ0v) is 22.4. The van der Waals surface area contributed by atoms with Crippen LogP contribution in [-0.4, -0.2) is 33.6 Å². The molecule has 8 heteroatoms. The van der Waals surface area contributed by atoms with Crippen LogP contribution in [0.4, 0.5) is 0 Å². The van der Waals surface area contributed by atoms with Crippen LogP contribution in [0.15, 0.2) is 112 Å². The van der Waals surface area contributed by atoms with Crippen molar-refractivity contribution in [2.75, 3.05) is 7.11 Å². The predicted molar refractivity (Wildman–Crippen MR) is 154 cm³/mol. The van der Waals surface area contributed by atoms with E-state index < -0.39 is 11.8 Å². The Hall–Kier alpha value is -5.68. The zero-order chi connectivity index (χ0) is 28.5. The highest BCUT2D eigenvalue weighted by molar-refractivity contribution is 6.19. The summed E-state index contributed by atoms with van der Waals surface area (Å²) in [6.07, 6.45) is 3.49. The first-order valence-electron chi connectivity index (χ1n) is 12.9. The Morgan fingerprint density at radius 2 is 1.71 bits per heavy atom. The van der Waals surface area contributed by atoms with E-state index in [0.717, 1.165) is 21.5 Å². The number of fused-ring (bicyclic) bond motifs is 1. The van der Waals surface area contributed by atoms with Crippen LogP contribution in [-0.2, 0) is 16.1 Å². The summed E-state index contributed by atoms with van der Waals surface area (Å²) in [5, 5.41) is 15.6. The molecule has 6 rings (SSSR count). The van der Waals surface area contributed by atoms with E-state index in [2.05, 4.69) is 0 Å². The number of ether oxygens (including phenoxy) is 1. The number of aromatic nitrogens is 2. The molecule has 3 heterocycles. The number of nitriles is 1. The molecule has 0 saturated heterocycles. The molecule has 41 heavy (non-hydrogen) atoms. The van der Waals surface area contributed by atoms with E-state index in [-0.39, 0.29) is 17.7 Å². The maximum Gasteiger partial charge on any atom is 0.271 e. The average molecular weight is 541 g/mol. The minimum absolute atomic E-state index is 0.0111. The Morgan fingerprint density at radius 1 is 0.976 bits per heavy atom. The van der Waals surface area contributed by atoms with Gasteiger partial charge in [-0.1, -0.05) is 48.5 Å². The van der Waals surface area contributed by atoms with Gasteiger partial charge in [-0.25, -0.2) is 4.68 Å². The molecule has 0 aliphatic carbocycles. The minimum Gasteiger partial charge on any atom is -0.497 e. The summed E-state index contributed by atoms with van der Waals surface area (Å²) in [4.78, 5) is 28.1. The zero-order valence-electron chi connectivity index (χ0n) is 22.4. The maximum atomic E-state index is 13.8. The topological polar surface area (TPSA) is 101 Å². The number of hydrogen-bond donors (Lipinski definition) is 0. The van der Waals surface area contributed by atoms with Crippen LogP contribution < -0.4 is 4.74 Å². The van der Waals surface area contributed by atoms with Crippen LogP contribution >= 0.6 is 0 Å². The molecule has 1 aliphatic heterocycles. The third-order valence-corrected chi connectivity index (χ3v) is 7.05. The number of furan rings is 1. The monoisotopic (exact) mass is 540 g/mol. The quantitative estimate of drug-likeness (QED) is 0.191. The summed E-state index contributed by atoms with van der Waals surface area (Å²) in [6, 6.07) is 28.2. The lowest BCUT2D eigenvalue weighted by Gasteiger charge is -2.27. The maximum absolute atomic E-state index is 13.8. The summed E-state index contributed by atoms with van der Waals surface area (Å²) in [5.41, 5.74) is 3.86. The number of carbonyl (C=O) groups is 2. The number of imide groups is 1. The molecular weight excluding hydrogens is 516 g/mol. The first kappa shape index (κ1) is 25.6. The normalized spacial score (nSPS) is 14.7. The Bertz CT molecular complexity index is 1870. The molecule has 0 fully saturated rings. The van der Waals surface area contributed by atoms with Gasteiger partial charge in [0, 0.05) is 22.7 Å². The van der Waals surface area contributed by atoms with E-state index in [4.69, 9.17) is 14.3 Å². The SMILES string of the molecule is COc1ccc(CN2C(=O)C(C#N)=C(C)/C(=C\c3cn(-c4ccccc4)nc3-c3cc4ccccc4o3)C2=O)cc1. The van der Waals surface area contributed by atoms with Gasteiger partial charge in [-0.05, 0) is 60.5 Å². The number of methoxy groups -OCH3 is 1. The van der Waals surface area contributed by atoms with Gasteiger partial charge in [0.05, 0.1) is 19.3 Å². The van der Waals surface area contributed by atoms with Crippen molar-refractivity contribution in [3.05, 3.63) is 119 Å². The number of hydrogen-bond acceptors (Lipinski definition) is 6. The van der Waals surface area contributed by atoms with Gasteiger partial charge in [-0.15, -0.1) is 0 Å². The van der Waals surface area contributed by atoms with Crippen molar-refractivity contribution in [3.63, 3.8) is 0 Å². The van der Waals surface area contributed by atoms with Crippen molar-refractivity contribution < 1.29 is 18.7 Å². The molecule has 0 atom stereocenters. The minimum atomic E-state index is -0.625. The summed E-state index contributed by atoms with van der Waals surface area (Å²) in [6.45, 7) is 1.63. The van der Waals surface area contributed by atoms with Crippen LogP contribution in [0.3, 0.4) is 0 Å². The molecule has 200 valence electrons. The van der Waals surface area contributed by atoms with E-state index in [9.17, 15) is 14.9 Å². The van der Waals surface area contributed by atoms with E-state index in [1.165, 1.54) is 0 Å². The van der Waals surface area contributed by atoms with Crippen molar-refractivity contribution in [2.45, 2.75) is 13.5 Å². The largest absolute Gasteiger partial charge is 0.497 e. The highest BCUT2D eigenvalue weighted by Crippen LogP contribution is 2.34. The van der Waals surface area contributed by atoms with Gasteiger partial charge in [-0.2, -0.15) is 10.4 Å². The molecule has 1 aliphatic rings. The van der Waals surface area contributed by atoms with Crippen molar-refractivity contribution in [2.24, 2.45) is 0 Å². The van der Waals surface area contributed by atoms with Gasteiger partial charge in [-0.3, -0.25) is 14.5 Å². The number of nitrogens with zero attached hydrogens (tertiary/aromatic N) is 4. The number of carbonyl (C=O) groups excluding carboxylic acids is 2. The molecule has 3 aromatic carbocycles. The van der Waals surface area contributed by atoms with Gasteiger partial charge in [0.25, 0.3) is 11.8 Å². The Balaban J connectivity index is 1.48. The third-order valence-electron chi connectivity index (χ3n) is 7.05. The molecule has 0 radical (unpaired) electrons. The van der Waals surface area contributed by atoms with E-state index in [1.807, 2.05) is 72.9 Å². The number of rotatable bonds is 6. The molecule has 2 aromatic heterocycles. The highest BCUT2D eigenvalue weighted by Gasteiger charge is 2.36. The lowest BCUT2D eigenvalue weighted by molar-refractivity contribution is -0.141. The van der Waals surface area contributed by atoms with Crippen molar-refractivity contribution in [3.8, 4) is 29.0 Å². The van der Waals surface area contributed by atoms with Crippen molar-refractivity contribution in [1.82, 2.24) is 14.7 Å². The molecule has 0 N–H and O–H groups in total. The molecule has 0 saturated carbocycles. The van der Waals surface area contributed by atoms with Gasteiger partial charge in [0.15, 0.2) is 5.76 Å². The highest BCUT2D eigenvalue weighted by atomic mass is 16.5. The first-order chi connectivity index (χ1) is 20.0. The fraction of sp³-hybridized carbons (Fsp3) is 0.0909. The lowest BCUT2D eigenvalue weighted by Crippen LogP contribution is -2.42. The number of amides is 2. The summed E-state index contributed by atoms with van der Waals surface area (Å²) in [7, 11) is 1.57. The Kier molecular flexibility index (Phi) is 6.54. The van der Waals surface area contributed by atoms with E-state index >= 15 is 0 Å². The molecule has 5 aromatic rings. The number of benzene rings is 3. The van der Waals surface area contributed by atoms with Gasteiger partial charge >= 0.3 is 0 Å². The van der Waals surface area contributed by atoms with Crippen LogP contribution in [0.2, 0.25) is 0 Å². The van der Waals surface area contributed by atoms with Crippen LogP contribution in [0, 0.1) is 11.3 Å². The number of para-hydroxylation sites is 2. The van der Waals surface area contributed by atoms with Crippen molar-refractivity contribution >= 4 is 28.9 Å². The van der Waals surface area contributed by atoms with Crippen LogP contribution in [0.5, 0.6) is 5.75 Å². The second-order valence-corrected chi connectivity index (χ2v) is 9.58. The molecule has 0 unspecified atom stereocenters. The van der Waals surface area contributed by atoms with Gasteiger partial charge in [0.2, 0.25) is 0 Å². The predicted octanol–water partition coefficient (Wildman–Crippen LogP) is 6.09. The fourth-order valence-corrected chi connectivity index (χ4v) is 4.84. The summed E-state index contributed by atoms with van der Waals surface area (Å²) >= 11 is 0. The third kappa shape index (κ3) is 4.70. The standard InChI is InChI=1S/C33H24N4O4/c1-21-27(32(38)36(33(39)28(21)18-34)19-22-12-14-26(40-2)15-13-22)16-24-20-37(25-9-4-3-5-10-25)35-31(24)30-17-23-8-6-7-11-29(23)41-30/h3-17,20H,19H2,1-2H3/b27-16+. The molecule has 0 bridgehead atoms. The van der Waals surface area contributed by atoms with Gasteiger partial charge in [0.1, 0.15) is 28.7 Å². The van der Waals surface area contributed by atoms with Crippen LogP contribution in [0.1, 0.15) is 18.1 Å².